The molecule has 1 atom stereocenters. The summed E-state index contributed by atoms with van der Waals surface area (Å²) >= 11 is 6.19. The van der Waals surface area contributed by atoms with Crippen molar-refractivity contribution in [3.05, 3.63) is 101 Å². The zero-order valence-electron chi connectivity index (χ0n) is 22.6. The van der Waals surface area contributed by atoms with Gasteiger partial charge in [0.15, 0.2) is 0 Å². The average Bonchev–Trinajstić information content (AvgIpc) is 2.93. The molecular formula is C32H41Cl2N3O. The molecule has 38 heavy (non-hydrogen) atoms. The Bertz CT molecular complexity index is 1090. The monoisotopic (exact) mass is 553 g/mol. The molecule has 0 bridgehead atoms. The van der Waals surface area contributed by atoms with E-state index in [9.17, 15) is 0 Å². The largest absolute Gasteiger partial charge is 0.490 e. The second-order valence-electron chi connectivity index (χ2n) is 10.8. The van der Waals surface area contributed by atoms with Crippen LogP contribution in [0.3, 0.4) is 0 Å². The predicted molar refractivity (Wildman–Crippen MR) is 161 cm³/mol. The van der Waals surface area contributed by atoms with Crippen molar-refractivity contribution in [3.8, 4) is 5.75 Å². The van der Waals surface area contributed by atoms with E-state index in [4.69, 9.17) is 16.3 Å². The SMILES string of the molecule is CC(C)N1CCC(Oc2ccc(CN3CCN(C(c4ccccc4)c4ccc(Cl)cc4)CC3)cc2)CC1.Cl. The molecule has 3 aromatic carbocycles. The quantitative estimate of drug-likeness (QED) is 0.301. The minimum Gasteiger partial charge on any atom is -0.490 e. The Morgan fingerprint density at radius 1 is 0.737 bits per heavy atom. The number of likely N-dealkylation sites (tertiary alicyclic amines) is 1. The highest BCUT2D eigenvalue weighted by molar-refractivity contribution is 6.30. The van der Waals surface area contributed by atoms with Gasteiger partial charge < -0.3 is 9.64 Å². The molecular weight excluding hydrogens is 513 g/mol. The van der Waals surface area contributed by atoms with Gasteiger partial charge >= 0.3 is 0 Å². The zero-order chi connectivity index (χ0) is 25.6. The molecule has 5 rings (SSSR count). The van der Waals surface area contributed by atoms with E-state index in [-0.39, 0.29) is 18.4 Å². The smallest absolute Gasteiger partial charge is 0.119 e. The van der Waals surface area contributed by atoms with E-state index in [1.165, 1.54) is 16.7 Å². The Balaban J connectivity index is 0.00000336. The second kappa shape index (κ2) is 13.8. The minimum atomic E-state index is 0. The number of benzene rings is 3. The van der Waals surface area contributed by atoms with Crippen molar-refractivity contribution in [1.82, 2.24) is 14.7 Å². The van der Waals surface area contributed by atoms with Crippen LogP contribution in [-0.4, -0.2) is 66.1 Å². The van der Waals surface area contributed by atoms with E-state index in [2.05, 4.69) is 95.3 Å². The summed E-state index contributed by atoms with van der Waals surface area (Å²) in [6.45, 7) is 12.0. The third-order valence-corrected chi connectivity index (χ3v) is 8.16. The van der Waals surface area contributed by atoms with Gasteiger partial charge in [0, 0.05) is 56.9 Å². The third kappa shape index (κ3) is 7.52. The molecule has 204 valence electrons. The first-order chi connectivity index (χ1) is 18.0. The van der Waals surface area contributed by atoms with E-state index in [0.29, 0.717) is 12.1 Å². The van der Waals surface area contributed by atoms with Gasteiger partial charge in [-0.25, -0.2) is 0 Å². The summed E-state index contributed by atoms with van der Waals surface area (Å²) in [6.07, 6.45) is 2.57. The fraction of sp³-hybridized carbons (Fsp3) is 0.438. The maximum atomic E-state index is 6.30. The van der Waals surface area contributed by atoms with Gasteiger partial charge in [-0.15, -0.1) is 12.4 Å². The van der Waals surface area contributed by atoms with Crippen molar-refractivity contribution >= 4 is 24.0 Å². The van der Waals surface area contributed by atoms with Crippen molar-refractivity contribution in [3.63, 3.8) is 0 Å². The molecule has 1 unspecified atom stereocenters. The topological polar surface area (TPSA) is 19.0 Å². The molecule has 0 spiro atoms. The van der Waals surface area contributed by atoms with Gasteiger partial charge in [-0.2, -0.15) is 0 Å². The zero-order valence-corrected chi connectivity index (χ0v) is 24.2. The van der Waals surface area contributed by atoms with Gasteiger partial charge in [0.1, 0.15) is 11.9 Å². The summed E-state index contributed by atoms with van der Waals surface area (Å²) in [5.74, 6) is 1.00. The van der Waals surface area contributed by atoms with Crippen molar-refractivity contribution in [2.75, 3.05) is 39.3 Å². The third-order valence-electron chi connectivity index (χ3n) is 7.91. The van der Waals surface area contributed by atoms with Gasteiger partial charge in [0.2, 0.25) is 0 Å². The van der Waals surface area contributed by atoms with Gasteiger partial charge in [-0.1, -0.05) is 66.2 Å². The number of halogens is 2. The van der Waals surface area contributed by atoms with Crippen molar-refractivity contribution in [1.29, 1.82) is 0 Å². The van der Waals surface area contributed by atoms with Crippen LogP contribution in [-0.2, 0) is 6.54 Å². The Morgan fingerprint density at radius 2 is 1.34 bits per heavy atom. The molecule has 6 heteroatoms. The first kappa shape index (κ1) is 28.9. The van der Waals surface area contributed by atoms with Crippen LogP contribution < -0.4 is 4.74 Å². The van der Waals surface area contributed by atoms with Crippen LogP contribution >= 0.6 is 24.0 Å². The second-order valence-corrected chi connectivity index (χ2v) is 11.2. The first-order valence-corrected chi connectivity index (χ1v) is 14.2. The van der Waals surface area contributed by atoms with Crippen molar-refractivity contribution < 1.29 is 4.74 Å². The summed E-state index contributed by atoms with van der Waals surface area (Å²) in [5.41, 5.74) is 3.99. The Hall–Kier alpha value is -2.08. The number of piperazine rings is 1. The summed E-state index contributed by atoms with van der Waals surface area (Å²) in [4.78, 5) is 7.72. The number of rotatable bonds is 8. The molecule has 0 amide bonds. The van der Waals surface area contributed by atoms with Crippen molar-refractivity contribution in [2.24, 2.45) is 0 Å². The minimum absolute atomic E-state index is 0. The van der Waals surface area contributed by atoms with Crippen LogP contribution in [0.1, 0.15) is 49.4 Å². The lowest BCUT2D eigenvalue weighted by Crippen LogP contribution is -2.47. The average molecular weight is 555 g/mol. The molecule has 0 saturated carbocycles. The molecule has 2 fully saturated rings. The molecule has 2 aliphatic rings. The standard InChI is InChI=1S/C32H40ClN3O.ClH/c1-25(2)35-18-16-31(17-19-35)37-30-14-8-26(9-15-30)24-34-20-22-36(23-21-34)32(27-6-4-3-5-7-27)28-10-12-29(33)13-11-28;/h3-15,25,31-32H,16-24H2,1-2H3;1H. The lowest BCUT2D eigenvalue weighted by molar-refractivity contribution is 0.0842. The Morgan fingerprint density at radius 3 is 1.95 bits per heavy atom. The predicted octanol–water partition coefficient (Wildman–Crippen LogP) is 6.92. The number of piperidine rings is 1. The van der Waals surface area contributed by atoms with Crippen LogP contribution in [0.15, 0.2) is 78.9 Å². The summed E-state index contributed by atoms with van der Waals surface area (Å²) in [6, 6.07) is 28.9. The fourth-order valence-electron chi connectivity index (χ4n) is 5.71. The maximum absolute atomic E-state index is 6.30. The van der Waals surface area contributed by atoms with Gasteiger partial charge in [0.25, 0.3) is 0 Å². The van der Waals surface area contributed by atoms with E-state index in [1.807, 2.05) is 12.1 Å². The molecule has 4 nitrogen and oxygen atoms in total. The molecule has 0 aliphatic carbocycles. The molecule has 3 aromatic rings. The normalized spacial score (nSPS) is 18.7. The molecule has 0 N–H and O–H groups in total. The lowest BCUT2D eigenvalue weighted by atomic mass is 9.96. The summed E-state index contributed by atoms with van der Waals surface area (Å²) in [7, 11) is 0. The molecule has 2 heterocycles. The Kier molecular flexibility index (Phi) is 10.5. The number of hydrogen-bond donors (Lipinski definition) is 0. The van der Waals surface area contributed by atoms with Crippen LogP contribution in [0, 0.1) is 0 Å². The van der Waals surface area contributed by atoms with E-state index >= 15 is 0 Å². The number of ether oxygens (including phenoxy) is 1. The molecule has 0 aromatic heterocycles. The Labute approximate surface area is 239 Å². The summed E-state index contributed by atoms with van der Waals surface area (Å²) in [5, 5.41) is 0.785. The number of nitrogens with zero attached hydrogens (tertiary/aromatic N) is 3. The van der Waals surface area contributed by atoms with Crippen LogP contribution in [0.4, 0.5) is 0 Å². The van der Waals surface area contributed by atoms with E-state index in [1.54, 1.807) is 0 Å². The van der Waals surface area contributed by atoms with Gasteiger partial charge in [-0.3, -0.25) is 9.80 Å². The highest BCUT2D eigenvalue weighted by atomic mass is 35.5. The van der Waals surface area contributed by atoms with Gasteiger partial charge in [0.05, 0.1) is 6.04 Å². The van der Waals surface area contributed by atoms with E-state index < -0.39 is 0 Å². The van der Waals surface area contributed by atoms with Crippen LogP contribution in [0.5, 0.6) is 5.75 Å². The highest BCUT2D eigenvalue weighted by Crippen LogP contribution is 2.31. The maximum Gasteiger partial charge on any atom is 0.119 e. The molecule has 2 aliphatic heterocycles. The lowest BCUT2D eigenvalue weighted by Gasteiger charge is -2.40. The number of hydrogen-bond acceptors (Lipinski definition) is 4. The van der Waals surface area contributed by atoms with Crippen LogP contribution in [0.2, 0.25) is 5.02 Å². The van der Waals surface area contributed by atoms with Gasteiger partial charge in [-0.05, 0) is 67.6 Å². The van der Waals surface area contributed by atoms with E-state index in [0.717, 1.165) is 69.4 Å². The highest BCUT2D eigenvalue weighted by Gasteiger charge is 2.26. The van der Waals surface area contributed by atoms with Crippen LogP contribution in [0.25, 0.3) is 0 Å². The molecule has 2 saturated heterocycles. The molecule has 0 radical (unpaired) electrons. The van der Waals surface area contributed by atoms with Crippen molar-refractivity contribution in [2.45, 2.75) is 51.4 Å². The first-order valence-electron chi connectivity index (χ1n) is 13.8. The fourth-order valence-corrected chi connectivity index (χ4v) is 5.83. The summed E-state index contributed by atoms with van der Waals surface area (Å²) < 4.78 is 6.30.